The van der Waals surface area contributed by atoms with Crippen LogP contribution in [0.15, 0.2) is 0 Å². The molecule has 104 valence electrons. The van der Waals surface area contributed by atoms with Gasteiger partial charge < -0.3 is 9.47 Å². The van der Waals surface area contributed by atoms with E-state index in [1.54, 1.807) is 0 Å². The van der Waals surface area contributed by atoms with E-state index in [1.807, 2.05) is 0 Å². The van der Waals surface area contributed by atoms with Crippen molar-refractivity contribution >= 4 is 0 Å². The van der Waals surface area contributed by atoms with Gasteiger partial charge in [-0.3, -0.25) is 0 Å². The van der Waals surface area contributed by atoms with Gasteiger partial charge in [-0.1, -0.05) is 19.8 Å². The van der Waals surface area contributed by atoms with Gasteiger partial charge in [-0.15, -0.1) is 0 Å². The second kappa shape index (κ2) is 4.79. The topological polar surface area (TPSA) is 18.5 Å². The molecular weight excluding hydrogens is 224 g/mol. The molecule has 1 saturated heterocycles. The van der Waals surface area contributed by atoms with E-state index in [4.69, 9.17) is 9.47 Å². The maximum absolute atomic E-state index is 6.47. The van der Waals surface area contributed by atoms with Gasteiger partial charge in [0.2, 0.25) is 0 Å². The van der Waals surface area contributed by atoms with Crippen molar-refractivity contribution in [2.45, 2.75) is 83.5 Å². The van der Waals surface area contributed by atoms with Crippen LogP contribution in [0.2, 0.25) is 0 Å². The first-order valence-corrected chi connectivity index (χ1v) is 8.04. The van der Waals surface area contributed by atoms with Crippen molar-refractivity contribution < 1.29 is 9.47 Å². The largest absolute Gasteiger partial charge is 0.349 e. The maximum Gasteiger partial charge on any atom is 0.174 e. The van der Waals surface area contributed by atoms with Gasteiger partial charge in [-0.2, -0.15) is 0 Å². The molecule has 0 radical (unpaired) electrons. The van der Waals surface area contributed by atoms with Crippen LogP contribution in [0.25, 0.3) is 0 Å². The third kappa shape index (κ3) is 1.76. The van der Waals surface area contributed by atoms with E-state index in [9.17, 15) is 0 Å². The summed E-state index contributed by atoms with van der Waals surface area (Å²) in [4.78, 5) is 0. The fourth-order valence-electron chi connectivity index (χ4n) is 4.82. The van der Waals surface area contributed by atoms with Crippen molar-refractivity contribution in [2.75, 3.05) is 6.61 Å². The molecule has 18 heavy (non-hydrogen) atoms. The summed E-state index contributed by atoms with van der Waals surface area (Å²) in [5, 5.41) is 0. The lowest BCUT2D eigenvalue weighted by Crippen LogP contribution is -2.48. The van der Waals surface area contributed by atoms with Crippen molar-refractivity contribution in [2.24, 2.45) is 11.3 Å². The van der Waals surface area contributed by atoms with Gasteiger partial charge in [-0.25, -0.2) is 0 Å². The molecule has 0 spiro atoms. The highest BCUT2D eigenvalue weighted by molar-refractivity contribution is 5.07. The minimum absolute atomic E-state index is 0.211. The SMILES string of the molecule is CCC(C)OC12CCCC1(C1CCCC1)CCO2. The Morgan fingerprint density at radius 3 is 2.67 bits per heavy atom. The lowest BCUT2D eigenvalue weighted by Gasteiger charge is -2.44. The van der Waals surface area contributed by atoms with E-state index in [0.29, 0.717) is 11.5 Å². The molecule has 0 bridgehead atoms. The summed E-state index contributed by atoms with van der Waals surface area (Å²) in [6.45, 7) is 5.34. The van der Waals surface area contributed by atoms with Crippen LogP contribution in [0.5, 0.6) is 0 Å². The molecule has 3 unspecified atom stereocenters. The Labute approximate surface area is 111 Å². The first kappa shape index (κ1) is 12.9. The van der Waals surface area contributed by atoms with E-state index >= 15 is 0 Å². The zero-order valence-corrected chi connectivity index (χ0v) is 12.0. The number of rotatable bonds is 4. The van der Waals surface area contributed by atoms with Crippen molar-refractivity contribution in [3.05, 3.63) is 0 Å². The Morgan fingerprint density at radius 1 is 1.17 bits per heavy atom. The molecule has 2 aliphatic carbocycles. The number of hydrogen-bond acceptors (Lipinski definition) is 2. The third-order valence-corrected chi connectivity index (χ3v) is 5.87. The van der Waals surface area contributed by atoms with Gasteiger partial charge in [0.05, 0.1) is 12.7 Å². The normalized spacial score (nSPS) is 42.3. The molecule has 2 nitrogen and oxygen atoms in total. The number of fused-ring (bicyclic) bond motifs is 1. The summed E-state index contributed by atoms with van der Waals surface area (Å²) in [6.07, 6.45) is 12.1. The van der Waals surface area contributed by atoms with Crippen LogP contribution in [0.4, 0.5) is 0 Å². The molecule has 3 aliphatic rings. The molecule has 0 aromatic carbocycles. The molecule has 0 aromatic heterocycles. The average molecular weight is 252 g/mol. The van der Waals surface area contributed by atoms with Crippen LogP contribution < -0.4 is 0 Å². The van der Waals surface area contributed by atoms with Crippen LogP contribution >= 0.6 is 0 Å². The van der Waals surface area contributed by atoms with Crippen molar-refractivity contribution in [1.82, 2.24) is 0 Å². The van der Waals surface area contributed by atoms with E-state index in [2.05, 4.69) is 13.8 Å². The van der Waals surface area contributed by atoms with Crippen molar-refractivity contribution in [3.63, 3.8) is 0 Å². The smallest absolute Gasteiger partial charge is 0.174 e. The van der Waals surface area contributed by atoms with Gasteiger partial charge in [-0.05, 0) is 51.4 Å². The zero-order chi connectivity index (χ0) is 12.6. The van der Waals surface area contributed by atoms with Crippen LogP contribution in [-0.4, -0.2) is 18.5 Å². The average Bonchev–Trinajstić information content (AvgIpc) is 3.00. The summed E-state index contributed by atoms with van der Waals surface area (Å²) < 4.78 is 12.7. The molecule has 3 fully saturated rings. The van der Waals surface area contributed by atoms with Crippen LogP contribution in [0, 0.1) is 11.3 Å². The molecule has 0 N–H and O–H groups in total. The van der Waals surface area contributed by atoms with Gasteiger partial charge in [0.25, 0.3) is 0 Å². The minimum Gasteiger partial charge on any atom is -0.349 e. The van der Waals surface area contributed by atoms with Gasteiger partial charge >= 0.3 is 0 Å². The Bertz CT molecular complexity index is 283. The summed E-state index contributed by atoms with van der Waals surface area (Å²) in [5.41, 5.74) is 0.368. The van der Waals surface area contributed by atoms with E-state index in [1.165, 1.54) is 44.9 Å². The molecule has 0 aromatic rings. The highest BCUT2D eigenvalue weighted by Crippen LogP contribution is 2.63. The second-order valence-electron chi connectivity index (χ2n) is 6.68. The van der Waals surface area contributed by atoms with Gasteiger partial charge in [0, 0.05) is 11.8 Å². The van der Waals surface area contributed by atoms with Gasteiger partial charge in [0.15, 0.2) is 5.79 Å². The van der Waals surface area contributed by atoms with E-state index < -0.39 is 0 Å². The first-order valence-electron chi connectivity index (χ1n) is 8.04. The van der Waals surface area contributed by atoms with Crippen LogP contribution in [0.1, 0.15) is 71.6 Å². The predicted octanol–water partition coefficient (Wildman–Crippen LogP) is 4.28. The molecular formula is C16H28O2. The third-order valence-electron chi connectivity index (χ3n) is 5.87. The fourth-order valence-corrected chi connectivity index (χ4v) is 4.82. The lowest BCUT2D eigenvalue weighted by molar-refractivity contribution is -0.275. The molecule has 2 heteroatoms. The van der Waals surface area contributed by atoms with E-state index in [-0.39, 0.29) is 5.79 Å². The van der Waals surface area contributed by atoms with Crippen LogP contribution in [0.3, 0.4) is 0 Å². The summed E-state index contributed by atoms with van der Waals surface area (Å²) in [5.74, 6) is 0.656. The lowest BCUT2D eigenvalue weighted by atomic mass is 9.68. The molecule has 0 amide bonds. The van der Waals surface area contributed by atoms with Gasteiger partial charge in [0.1, 0.15) is 0 Å². The summed E-state index contributed by atoms with van der Waals surface area (Å²) in [7, 11) is 0. The molecule has 3 atom stereocenters. The monoisotopic (exact) mass is 252 g/mol. The van der Waals surface area contributed by atoms with Crippen LogP contribution in [-0.2, 0) is 9.47 Å². The van der Waals surface area contributed by atoms with E-state index in [0.717, 1.165) is 25.4 Å². The molecule has 1 heterocycles. The minimum atomic E-state index is -0.211. The summed E-state index contributed by atoms with van der Waals surface area (Å²) in [6, 6.07) is 0. The molecule has 2 saturated carbocycles. The van der Waals surface area contributed by atoms with Crippen molar-refractivity contribution in [1.29, 1.82) is 0 Å². The highest BCUT2D eigenvalue weighted by Gasteiger charge is 2.64. The molecule has 1 aliphatic heterocycles. The van der Waals surface area contributed by atoms with Crippen molar-refractivity contribution in [3.8, 4) is 0 Å². The Hall–Kier alpha value is -0.0800. The highest BCUT2D eigenvalue weighted by atomic mass is 16.7. The summed E-state index contributed by atoms with van der Waals surface area (Å²) >= 11 is 0. The standard InChI is InChI=1S/C16H28O2/c1-3-13(2)18-16-10-6-9-15(16,11-12-17-16)14-7-4-5-8-14/h13-14H,3-12H2,1-2H3. The number of ether oxygens (including phenoxy) is 2. The maximum atomic E-state index is 6.47. The fraction of sp³-hybridized carbons (Fsp3) is 1.00. The second-order valence-corrected chi connectivity index (χ2v) is 6.68. The Balaban J connectivity index is 1.85. The quantitative estimate of drug-likeness (QED) is 0.743. The molecule has 3 rings (SSSR count). The predicted molar refractivity (Wildman–Crippen MR) is 72.4 cm³/mol. The Morgan fingerprint density at radius 2 is 1.94 bits per heavy atom. The number of hydrogen-bond donors (Lipinski definition) is 0. The Kier molecular flexibility index (Phi) is 3.44. The first-order chi connectivity index (χ1) is 8.72. The zero-order valence-electron chi connectivity index (χ0n) is 12.0.